The van der Waals surface area contributed by atoms with Gasteiger partial charge in [0.2, 0.25) is 10.0 Å². The molecule has 0 bridgehead atoms. The van der Waals surface area contributed by atoms with Gasteiger partial charge in [-0.05, 0) is 30.5 Å². The molecule has 1 heterocycles. The standard InChI is InChI=1S/C15H16F3N3O2S/c1-20-10-14(8-19-20)24(22,23)21(13-6-7-13)9-11-2-4-12(5-3-11)15(16,17)18/h2-5,8,10,13H,6-7,9H2,1H3. The zero-order chi connectivity index (χ0) is 17.5. The Balaban J connectivity index is 1.85. The van der Waals surface area contributed by atoms with E-state index in [4.69, 9.17) is 0 Å². The molecule has 9 heteroatoms. The predicted octanol–water partition coefficient (Wildman–Crippen LogP) is 2.79. The molecular formula is C15H16F3N3O2S. The van der Waals surface area contributed by atoms with Crippen LogP contribution in [0.15, 0.2) is 41.6 Å². The van der Waals surface area contributed by atoms with Crippen molar-refractivity contribution in [3.63, 3.8) is 0 Å². The number of aromatic nitrogens is 2. The van der Waals surface area contributed by atoms with Gasteiger partial charge >= 0.3 is 6.18 Å². The number of alkyl halides is 3. The van der Waals surface area contributed by atoms with Crippen LogP contribution in [0.2, 0.25) is 0 Å². The summed E-state index contributed by atoms with van der Waals surface area (Å²) in [6.07, 6.45) is -0.217. The largest absolute Gasteiger partial charge is 0.416 e. The van der Waals surface area contributed by atoms with Gasteiger partial charge in [0.05, 0.1) is 11.8 Å². The van der Waals surface area contributed by atoms with Crippen LogP contribution in [0.25, 0.3) is 0 Å². The van der Waals surface area contributed by atoms with Crippen molar-refractivity contribution in [1.82, 2.24) is 14.1 Å². The normalized spacial score (nSPS) is 15.9. The fourth-order valence-electron chi connectivity index (χ4n) is 2.42. The summed E-state index contributed by atoms with van der Waals surface area (Å²) in [5, 5.41) is 3.88. The van der Waals surface area contributed by atoms with Gasteiger partial charge in [-0.1, -0.05) is 12.1 Å². The van der Waals surface area contributed by atoms with Gasteiger partial charge < -0.3 is 0 Å². The summed E-state index contributed by atoms with van der Waals surface area (Å²) in [5.74, 6) is 0. The lowest BCUT2D eigenvalue weighted by Gasteiger charge is -2.21. The van der Waals surface area contributed by atoms with E-state index in [1.807, 2.05) is 0 Å². The number of aryl methyl sites for hydroxylation is 1. The molecule has 1 fully saturated rings. The second kappa shape index (κ2) is 5.89. The van der Waals surface area contributed by atoms with Crippen LogP contribution in [0, 0.1) is 0 Å². The number of benzene rings is 1. The molecule has 0 aliphatic heterocycles. The van der Waals surface area contributed by atoms with Gasteiger partial charge in [0.25, 0.3) is 0 Å². The van der Waals surface area contributed by atoms with E-state index in [0.717, 1.165) is 25.0 Å². The van der Waals surface area contributed by atoms with E-state index in [1.54, 1.807) is 7.05 Å². The molecule has 0 amide bonds. The number of hydrogen-bond donors (Lipinski definition) is 0. The third-order valence-corrected chi connectivity index (χ3v) is 5.71. The van der Waals surface area contributed by atoms with Crippen molar-refractivity contribution in [2.24, 2.45) is 7.05 Å². The molecule has 3 rings (SSSR count). The molecule has 0 spiro atoms. The summed E-state index contributed by atoms with van der Waals surface area (Å²) in [7, 11) is -2.10. The van der Waals surface area contributed by atoms with Gasteiger partial charge in [-0.15, -0.1) is 0 Å². The molecule has 1 aliphatic carbocycles. The van der Waals surface area contributed by atoms with Crippen LogP contribution in [0.4, 0.5) is 13.2 Å². The Bertz CT molecular complexity index is 824. The Morgan fingerprint density at radius 1 is 1.25 bits per heavy atom. The summed E-state index contributed by atoms with van der Waals surface area (Å²) in [6, 6.07) is 4.46. The Labute approximate surface area is 137 Å². The van der Waals surface area contributed by atoms with E-state index in [9.17, 15) is 21.6 Å². The number of halogens is 3. The van der Waals surface area contributed by atoms with Crippen LogP contribution in [0.1, 0.15) is 24.0 Å². The van der Waals surface area contributed by atoms with Crippen LogP contribution in [-0.2, 0) is 29.8 Å². The van der Waals surface area contributed by atoms with Gasteiger partial charge in [0, 0.05) is 25.8 Å². The first-order valence-electron chi connectivity index (χ1n) is 7.34. The van der Waals surface area contributed by atoms with E-state index < -0.39 is 21.8 Å². The molecule has 0 saturated heterocycles. The fourth-order valence-corrected chi connectivity index (χ4v) is 4.08. The average molecular weight is 359 g/mol. The van der Waals surface area contributed by atoms with Gasteiger partial charge in [-0.25, -0.2) is 8.42 Å². The maximum atomic E-state index is 12.8. The maximum Gasteiger partial charge on any atom is 0.416 e. The summed E-state index contributed by atoms with van der Waals surface area (Å²) in [4.78, 5) is 0.0869. The van der Waals surface area contributed by atoms with Gasteiger partial charge in [0.15, 0.2) is 0 Å². The Morgan fingerprint density at radius 3 is 2.33 bits per heavy atom. The lowest BCUT2D eigenvalue weighted by Crippen LogP contribution is -2.32. The summed E-state index contributed by atoms with van der Waals surface area (Å²) in [5.41, 5.74) is -0.235. The lowest BCUT2D eigenvalue weighted by atomic mass is 10.1. The lowest BCUT2D eigenvalue weighted by molar-refractivity contribution is -0.137. The summed E-state index contributed by atoms with van der Waals surface area (Å²) < 4.78 is 66.1. The zero-order valence-corrected chi connectivity index (χ0v) is 13.7. The minimum Gasteiger partial charge on any atom is -0.274 e. The van der Waals surface area contributed by atoms with Crippen LogP contribution in [-0.4, -0.2) is 28.5 Å². The van der Waals surface area contributed by atoms with Crippen molar-refractivity contribution in [3.05, 3.63) is 47.8 Å². The van der Waals surface area contributed by atoms with E-state index >= 15 is 0 Å². The zero-order valence-electron chi connectivity index (χ0n) is 12.9. The van der Waals surface area contributed by atoms with E-state index in [1.165, 1.54) is 33.5 Å². The van der Waals surface area contributed by atoms with Crippen molar-refractivity contribution in [1.29, 1.82) is 0 Å². The first-order chi connectivity index (χ1) is 11.2. The molecule has 1 aromatic carbocycles. The molecule has 24 heavy (non-hydrogen) atoms. The number of sulfonamides is 1. The highest BCUT2D eigenvalue weighted by molar-refractivity contribution is 7.89. The van der Waals surface area contributed by atoms with Crippen molar-refractivity contribution in [3.8, 4) is 0 Å². The smallest absolute Gasteiger partial charge is 0.274 e. The minimum absolute atomic E-state index is 0.0417. The highest BCUT2D eigenvalue weighted by Gasteiger charge is 2.38. The predicted molar refractivity (Wildman–Crippen MR) is 80.4 cm³/mol. The summed E-state index contributed by atoms with van der Waals surface area (Å²) >= 11 is 0. The number of nitrogens with zero attached hydrogens (tertiary/aromatic N) is 3. The Kier molecular flexibility index (Phi) is 4.16. The van der Waals surface area contributed by atoms with Gasteiger partial charge in [-0.3, -0.25) is 4.68 Å². The highest BCUT2D eigenvalue weighted by atomic mass is 32.2. The van der Waals surface area contributed by atoms with Crippen molar-refractivity contribution in [2.45, 2.75) is 36.5 Å². The van der Waals surface area contributed by atoms with Crippen LogP contribution in [0.5, 0.6) is 0 Å². The van der Waals surface area contributed by atoms with Gasteiger partial charge in [-0.2, -0.15) is 22.6 Å². The molecule has 5 nitrogen and oxygen atoms in total. The highest BCUT2D eigenvalue weighted by Crippen LogP contribution is 2.34. The Morgan fingerprint density at radius 2 is 1.88 bits per heavy atom. The van der Waals surface area contributed by atoms with Crippen molar-refractivity contribution < 1.29 is 21.6 Å². The van der Waals surface area contributed by atoms with E-state index in [0.29, 0.717) is 5.56 Å². The molecule has 1 aliphatic rings. The SMILES string of the molecule is Cn1cc(S(=O)(=O)N(Cc2ccc(C(F)(F)F)cc2)C2CC2)cn1. The third-order valence-electron chi connectivity index (χ3n) is 3.86. The van der Waals surface area contributed by atoms with Crippen LogP contribution >= 0.6 is 0 Å². The molecule has 130 valence electrons. The van der Waals surface area contributed by atoms with Crippen molar-refractivity contribution >= 4 is 10.0 Å². The van der Waals surface area contributed by atoms with Gasteiger partial charge in [0.1, 0.15) is 4.90 Å². The molecule has 1 aromatic heterocycles. The average Bonchev–Trinajstić information content (AvgIpc) is 3.24. The van der Waals surface area contributed by atoms with Crippen LogP contribution < -0.4 is 0 Å². The fraction of sp³-hybridized carbons (Fsp3) is 0.400. The molecule has 0 unspecified atom stereocenters. The first kappa shape index (κ1) is 17.0. The second-order valence-electron chi connectivity index (χ2n) is 5.83. The van der Waals surface area contributed by atoms with E-state index in [-0.39, 0.29) is 17.5 Å². The maximum absolute atomic E-state index is 12.8. The summed E-state index contributed by atoms with van der Waals surface area (Å²) in [6.45, 7) is 0.0417. The molecule has 0 radical (unpaired) electrons. The molecule has 0 atom stereocenters. The quantitative estimate of drug-likeness (QED) is 0.825. The molecule has 2 aromatic rings. The molecule has 0 N–H and O–H groups in total. The monoisotopic (exact) mass is 359 g/mol. The third kappa shape index (κ3) is 3.46. The number of rotatable bonds is 5. The molecular weight excluding hydrogens is 343 g/mol. The number of hydrogen-bond acceptors (Lipinski definition) is 3. The van der Waals surface area contributed by atoms with E-state index in [2.05, 4.69) is 5.10 Å². The van der Waals surface area contributed by atoms with Crippen LogP contribution in [0.3, 0.4) is 0 Å². The minimum atomic E-state index is -4.41. The Hall–Kier alpha value is -1.87. The topological polar surface area (TPSA) is 55.2 Å². The molecule has 1 saturated carbocycles. The second-order valence-corrected chi connectivity index (χ2v) is 7.72. The first-order valence-corrected chi connectivity index (χ1v) is 8.78. The van der Waals surface area contributed by atoms with Crippen molar-refractivity contribution in [2.75, 3.05) is 0 Å².